The Bertz CT molecular complexity index is 52.8. The Labute approximate surface area is 39.2 Å². The molecule has 0 aromatic rings. The van der Waals surface area contributed by atoms with Crippen LogP contribution in [0.5, 0.6) is 0 Å². The summed E-state index contributed by atoms with van der Waals surface area (Å²) in [6, 6.07) is 0. The Kier molecular flexibility index (Phi) is 2.88. The summed E-state index contributed by atoms with van der Waals surface area (Å²) in [5, 5.41) is 7.73. The van der Waals surface area contributed by atoms with E-state index >= 15 is 0 Å². The molecule has 0 rings (SSSR count). The van der Waals surface area contributed by atoms with Crippen LogP contribution in [-0.4, -0.2) is 21.4 Å². The number of carboxylic acids is 1. The first-order valence-electron chi connectivity index (χ1n) is 1.25. The molecule has 0 saturated carbocycles. The fourth-order valence-corrected chi connectivity index (χ4v) is 0.166. The minimum absolute atomic E-state index is 0.236. The number of carboxylic acid groups (broad SMARTS) is 1. The Hall–Kier alpha value is -0.220. The number of hydrogen-bond acceptors (Lipinski definition) is 3. The summed E-state index contributed by atoms with van der Waals surface area (Å²) >= 11 is 0.310. The van der Waals surface area contributed by atoms with Crippen LogP contribution in [0.2, 0.25) is 0 Å². The average Bonchev–Trinajstić information content (AvgIpc) is 1.35. The summed E-state index contributed by atoms with van der Waals surface area (Å²) in [7, 11) is 0. The van der Waals surface area contributed by atoms with Crippen LogP contribution in [0.4, 0.5) is 0 Å². The van der Waals surface area contributed by atoms with Crippen molar-refractivity contribution in [3.63, 3.8) is 0 Å². The number of carbonyl (C=O) groups is 1. The third-order valence-corrected chi connectivity index (χ3v) is 0.564. The Morgan fingerprint density at radius 3 is 2.33 bits per heavy atom. The molecule has 0 aliphatic carbocycles. The van der Waals surface area contributed by atoms with E-state index in [0.717, 1.165) is 0 Å². The van der Waals surface area contributed by atoms with Gasteiger partial charge in [0.25, 0.3) is 0 Å². The monoisotopic (exact) mass is 108 g/mol. The van der Waals surface area contributed by atoms with E-state index in [1.54, 1.807) is 0 Å². The van der Waals surface area contributed by atoms with Crippen molar-refractivity contribution >= 4 is 18.0 Å². The molecule has 0 bridgehead atoms. The van der Waals surface area contributed by atoms with Gasteiger partial charge in [-0.25, -0.2) is 0 Å². The lowest BCUT2D eigenvalue weighted by Crippen LogP contribution is -1.95. The van der Waals surface area contributed by atoms with Crippen molar-refractivity contribution < 1.29 is 14.5 Å². The van der Waals surface area contributed by atoms with Gasteiger partial charge < -0.3 is 9.66 Å². The maximum Gasteiger partial charge on any atom is 0.315 e. The van der Waals surface area contributed by atoms with E-state index in [4.69, 9.17) is 9.66 Å². The highest BCUT2D eigenvalue weighted by atomic mass is 32.2. The molecular weight excluding hydrogens is 104 g/mol. The molecule has 0 unspecified atom stereocenters. The van der Waals surface area contributed by atoms with Gasteiger partial charge in [-0.05, 0) is 12.0 Å². The van der Waals surface area contributed by atoms with Crippen molar-refractivity contribution in [1.82, 2.24) is 0 Å². The van der Waals surface area contributed by atoms with Crippen LogP contribution in [0.1, 0.15) is 0 Å². The molecule has 0 fully saturated rings. The smallest absolute Gasteiger partial charge is 0.315 e. The third kappa shape index (κ3) is 3.78. The van der Waals surface area contributed by atoms with Gasteiger partial charge in [-0.2, -0.15) is 0 Å². The highest BCUT2D eigenvalue weighted by molar-refractivity contribution is 7.94. The van der Waals surface area contributed by atoms with Gasteiger partial charge in [0.2, 0.25) is 0 Å². The first kappa shape index (κ1) is 5.78. The molecule has 0 aliphatic heterocycles. The molecule has 0 atom stereocenters. The lowest BCUT2D eigenvalue weighted by Gasteiger charge is -1.78. The number of hydrogen-bond donors (Lipinski definition) is 2. The van der Waals surface area contributed by atoms with Crippen LogP contribution in [-0.2, 0) is 4.79 Å². The van der Waals surface area contributed by atoms with E-state index in [2.05, 4.69) is 0 Å². The van der Waals surface area contributed by atoms with Gasteiger partial charge in [-0.1, -0.05) is 0 Å². The maximum absolute atomic E-state index is 9.42. The first-order valence-corrected chi connectivity index (χ1v) is 2.20. The second kappa shape index (κ2) is 2.99. The van der Waals surface area contributed by atoms with Crippen molar-refractivity contribution in [2.45, 2.75) is 0 Å². The normalized spacial score (nSPS) is 8.17. The van der Waals surface area contributed by atoms with Gasteiger partial charge in [-0.3, -0.25) is 4.79 Å². The van der Waals surface area contributed by atoms with Crippen LogP contribution >= 0.6 is 12.0 Å². The molecule has 0 aromatic heterocycles. The average molecular weight is 108 g/mol. The molecule has 4 heteroatoms. The lowest BCUT2D eigenvalue weighted by molar-refractivity contribution is -0.133. The van der Waals surface area contributed by atoms with Crippen LogP contribution < -0.4 is 0 Å². The minimum atomic E-state index is -0.998. The fraction of sp³-hybridized carbons (Fsp3) is 0.500. The van der Waals surface area contributed by atoms with E-state index in [1.165, 1.54) is 0 Å². The third-order valence-electron chi connectivity index (χ3n) is 0.188. The molecule has 2 N–H and O–H groups in total. The Morgan fingerprint density at radius 2 is 2.33 bits per heavy atom. The largest absolute Gasteiger partial charge is 0.481 e. The molecule has 0 radical (unpaired) electrons. The molecule has 36 valence electrons. The molecular formula is C2H4O3S. The molecule has 0 heterocycles. The zero-order chi connectivity index (χ0) is 4.99. The van der Waals surface area contributed by atoms with Crippen LogP contribution in [0.3, 0.4) is 0 Å². The molecule has 0 aromatic carbocycles. The van der Waals surface area contributed by atoms with E-state index in [1.807, 2.05) is 0 Å². The minimum Gasteiger partial charge on any atom is -0.481 e. The van der Waals surface area contributed by atoms with E-state index < -0.39 is 5.97 Å². The lowest BCUT2D eigenvalue weighted by atomic mass is 10.8. The second-order valence-electron chi connectivity index (χ2n) is 0.667. The van der Waals surface area contributed by atoms with Crippen LogP contribution in [0, 0.1) is 0 Å². The van der Waals surface area contributed by atoms with Crippen LogP contribution in [0.25, 0.3) is 0 Å². The molecule has 6 heavy (non-hydrogen) atoms. The summed E-state index contributed by atoms with van der Waals surface area (Å²) in [5.41, 5.74) is 0. The zero-order valence-electron chi connectivity index (χ0n) is 2.92. The number of aliphatic carboxylic acids is 1. The van der Waals surface area contributed by atoms with Gasteiger partial charge in [0.05, 0.1) is 0 Å². The van der Waals surface area contributed by atoms with Crippen molar-refractivity contribution in [3.05, 3.63) is 0 Å². The summed E-state index contributed by atoms with van der Waals surface area (Å²) in [6.45, 7) is 0. The van der Waals surface area contributed by atoms with Gasteiger partial charge in [0.1, 0.15) is 5.75 Å². The van der Waals surface area contributed by atoms with Crippen molar-refractivity contribution in [2.24, 2.45) is 0 Å². The van der Waals surface area contributed by atoms with E-state index in [0.29, 0.717) is 12.0 Å². The van der Waals surface area contributed by atoms with E-state index in [-0.39, 0.29) is 5.75 Å². The van der Waals surface area contributed by atoms with Crippen molar-refractivity contribution in [3.8, 4) is 0 Å². The standard InChI is InChI=1S/C2H4O3S/c3-2(4)1-6-5/h5H,1H2,(H,3,4). The van der Waals surface area contributed by atoms with Crippen LogP contribution in [0.15, 0.2) is 0 Å². The highest BCUT2D eigenvalue weighted by Crippen LogP contribution is 1.86. The van der Waals surface area contributed by atoms with Gasteiger partial charge in [0, 0.05) is 0 Å². The predicted molar refractivity (Wildman–Crippen MR) is 22.7 cm³/mol. The predicted octanol–water partition coefficient (Wildman–Crippen LogP) is 0.277. The SMILES string of the molecule is O=C(O)CSO. The fourth-order valence-electron chi connectivity index (χ4n) is 0.0552. The zero-order valence-corrected chi connectivity index (χ0v) is 3.73. The summed E-state index contributed by atoms with van der Waals surface area (Å²) in [4.78, 5) is 9.42. The van der Waals surface area contributed by atoms with Crippen molar-refractivity contribution in [2.75, 3.05) is 5.75 Å². The van der Waals surface area contributed by atoms with Gasteiger partial charge in [-0.15, -0.1) is 0 Å². The quantitative estimate of drug-likeness (QED) is 0.499. The van der Waals surface area contributed by atoms with Gasteiger partial charge >= 0.3 is 5.97 Å². The Balaban J connectivity index is 2.83. The summed E-state index contributed by atoms with van der Waals surface area (Å²) in [6.07, 6.45) is 0. The molecule has 0 amide bonds. The summed E-state index contributed by atoms with van der Waals surface area (Å²) < 4.78 is 7.77. The molecule has 0 spiro atoms. The Morgan fingerprint density at radius 1 is 1.83 bits per heavy atom. The molecule has 0 saturated heterocycles. The van der Waals surface area contributed by atoms with E-state index in [9.17, 15) is 4.79 Å². The van der Waals surface area contributed by atoms with Gasteiger partial charge in [0.15, 0.2) is 0 Å². The topological polar surface area (TPSA) is 57.5 Å². The highest BCUT2D eigenvalue weighted by Gasteiger charge is 1.90. The number of rotatable bonds is 2. The second-order valence-corrected chi connectivity index (χ2v) is 1.21. The maximum atomic E-state index is 9.42. The first-order chi connectivity index (χ1) is 2.77. The molecule has 3 nitrogen and oxygen atoms in total. The van der Waals surface area contributed by atoms with Crippen molar-refractivity contribution in [1.29, 1.82) is 0 Å². The molecule has 0 aliphatic rings. The summed E-state index contributed by atoms with van der Waals surface area (Å²) in [5.74, 6) is -1.23.